The zero-order valence-electron chi connectivity index (χ0n) is 16.8. The predicted molar refractivity (Wildman–Crippen MR) is 114 cm³/mol. The van der Waals surface area contributed by atoms with E-state index in [1.165, 1.54) is 11.3 Å². The minimum absolute atomic E-state index is 0.0863. The molecule has 156 valence electrons. The van der Waals surface area contributed by atoms with E-state index in [4.69, 9.17) is 4.74 Å². The minimum Gasteiger partial charge on any atom is -0.481 e. The molecule has 1 aromatic carbocycles. The van der Waals surface area contributed by atoms with E-state index in [2.05, 4.69) is 5.32 Å². The number of amides is 1. The number of carboxylic acid groups (broad SMARTS) is 1. The Morgan fingerprint density at radius 1 is 1.13 bits per heavy atom. The van der Waals surface area contributed by atoms with Gasteiger partial charge in [0.05, 0.1) is 18.4 Å². The molecule has 1 heterocycles. The predicted octanol–water partition coefficient (Wildman–Crippen LogP) is 4.36. The molecule has 4 atom stereocenters. The quantitative estimate of drug-likeness (QED) is 0.530. The topological polar surface area (TPSA) is 92.7 Å². The molecule has 0 spiro atoms. The van der Waals surface area contributed by atoms with E-state index in [0.29, 0.717) is 17.0 Å². The first-order valence-corrected chi connectivity index (χ1v) is 10.8. The van der Waals surface area contributed by atoms with Crippen LogP contribution in [0.25, 0.3) is 11.1 Å². The number of carbonyl (C=O) groups excluding carboxylic acids is 2. The van der Waals surface area contributed by atoms with Crippen molar-refractivity contribution in [3.63, 3.8) is 0 Å². The fourth-order valence-electron chi connectivity index (χ4n) is 4.69. The van der Waals surface area contributed by atoms with Crippen LogP contribution in [0.2, 0.25) is 0 Å². The zero-order valence-corrected chi connectivity index (χ0v) is 17.6. The van der Waals surface area contributed by atoms with Crippen molar-refractivity contribution in [1.29, 1.82) is 0 Å². The minimum atomic E-state index is -0.954. The molecule has 2 N–H and O–H groups in total. The third-order valence-corrected chi connectivity index (χ3v) is 6.93. The van der Waals surface area contributed by atoms with Crippen LogP contribution in [0.15, 0.2) is 42.5 Å². The Bertz CT molecular complexity index is 1030. The van der Waals surface area contributed by atoms with Gasteiger partial charge in [0.15, 0.2) is 0 Å². The monoisotopic (exact) mass is 425 g/mol. The van der Waals surface area contributed by atoms with E-state index in [1.54, 1.807) is 6.92 Å². The lowest BCUT2D eigenvalue weighted by Gasteiger charge is -2.23. The van der Waals surface area contributed by atoms with E-state index >= 15 is 0 Å². The van der Waals surface area contributed by atoms with E-state index in [9.17, 15) is 19.5 Å². The molecule has 1 aromatic heterocycles. The number of ether oxygens (including phenoxy) is 1. The highest BCUT2D eigenvalue weighted by Crippen LogP contribution is 2.49. The number of benzene rings is 1. The van der Waals surface area contributed by atoms with E-state index < -0.39 is 23.8 Å². The lowest BCUT2D eigenvalue weighted by Crippen LogP contribution is -2.36. The summed E-state index contributed by atoms with van der Waals surface area (Å²) in [5.74, 6) is -3.39. The van der Waals surface area contributed by atoms with Crippen molar-refractivity contribution < 1.29 is 24.2 Å². The Balaban J connectivity index is 1.71. The third-order valence-electron chi connectivity index (χ3n) is 5.91. The van der Waals surface area contributed by atoms with Crippen LogP contribution in [-0.2, 0) is 14.3 Å². The van der Waals surface area contributed by atoms with Gasteiger partial charge >= 0.3 is 11.9 Å². The van der Waals surface area contributed by atoms with Crippen molar-refractivity contribution >= 4 is 34.2 Å². The van der Waals surface area contributed by atoms with Crippen LogP contribution in [0.3, 0.4) is 0 Å². The number of anilines is 1. The lowest BCUT2D eigenvalue weighted by molar-refractivity contribution is -0.146. The second kappa shape index (κ2) is 8.07. The Hall–Kier alpha value is -2.93. The van der Waals surface area contributed by atoms with E-state index in [-0.39, 0.29) is 24.3 Å². The summed E-state index contributed by atoms with van der Waals surface area (Å²) in [6.45, 7) is 3.84. The number of hydrogen-bond donors (Lipinski definition) is 2. The number of carboxylic acids is 1. The number of carbonyl (C=O) groups is 3. The summed E-state index contributed by atoms with van der Waals surface area (Å²) in [6.07, 6.45) is 4.52. The maximum atomic E-state index is 13.2. The fourth-order valence-corrected chi connectivity index (χ4v) is 5.76. The van der Waals surface area contributed by atoms with Gasteiger partial charge in [-0.25, -0.2) is 4.79 Å². The highest BCUT2D eigenvalue weighted by Gasteiger charge is 2.51. The molecule has 0 radical (unpaired) electrons. The molecule has 30 heavy (non-hydrogen) atoms. The van der Waals surface area contributed by atoms with Gasteiger partial charge in [0.1, 0.15) is 10.6 Å². The molecular formula is C23H23NO5S. The highest BCUT2D eigenvalue weighted by molar-refractivity contribution is 7.17. The van der Waals surface area contributed by atoms with Crippen molar-refractivity contribution in [2.24, 2.45) is 23.7 Å². The molecule has 6 nitrogen and oxygen atoms in total. The summed E-state index contributed by atoms with van der Waals surface area (Å²) in [5.41, 5.74) is 1.92. The van der Waals surface area contributed by atoms with Gasteiger partial charge in [-0.2, -0.15) is 0 Å². The standard InChI is InChI=1S/C23H23NO5S/c1-3-29-23(28)19-16(13-7-5-4-6-8-13)12(2)30-21(19)24-20(25)17-14-9-10-15(11-14)18(17)22(26)27/h4-10,14-15,17-18H,3,11H2,1-2H3,(H,24,25)(H,26,27)/t14-,15-,17+,18-/m0/s1. The molecule has 7 heteroatoms. The number of thiophene rings is 1. The van der Waals surface area contributed by atoms with Gasteiger partial charge in [0.2, 0.25) is 5.91 Å². The van der Waals surface area contributed by atoms with Crippen LogP contribution in [0.5, 0.6) is 0 Å². The second-order valence-corrected chi connectivity index (χ2v) is 8.88. The molecule has 0 aliphatic heterocycles. The van der Waals surface area contributed by atoms with Crippen molar-refractivity contribution in [1.82, 2.24) is 0 Å². The first-order chi connectivity index (χ1) is 14.4. The number of aliphatic carboxylic acids is 1. The number of allylic oxidation sites excluding steroid dienone is 2. The van der Waals surface area contributed by atoms with Gasteiger partial charge in [0, 0.05) is 10.4 Å². The second-order valence-electron chi connectivity index (χ2n) is 7.65. The number of fused-ring (bicyclic) bond motifs is 2. The van der Waals surface area contributed by atoms with Crippen LogP contribution in [-0.4, -0.2) is 29.6 Å². The van der Waals surface area contributed by atoms with Crippen LogP contribution in [0, 0.1) is 30.6 Å². The average molecular weight is 426 g/mol. The summed E-state index contributed by atoms with van der Waals surface area (Å²) >= 11 is 1.31. The fraction of sp³-hybridized carbons (Fsp3) is 0.348. The molecule has 2 bridgehead atoms. The van der Waals surface area contributed by atoms with Gasteiger partial charge in [-0.15, -0.1) is 11.3 Å². The molecule has 0 unspecified atom stereocenters. The maximum Gasteiger partial charge on any atom is 0.341 e. The van der Waals surface area contributed by atoms with Gasteiger partial charge in [0.25, 0.3) is 0 Å². The van der Waals surface area contributed by atoms with Crippen molar-refractivity contribution in [3.8, 4) is 11.1 Å². The molecule has 1 amide bonds. The van der Waals surface area contributed by atoms with Crippen molar-refractivity contribution in [3.05, 3.63) is 52.9 Å². The number of hydrogen-bond acceptors (Lipinski definition) is 5. The molecule has 0 saturated heterocycles. The molecule has 2 aliphatic carbocycles. The summed E-state index contributed by atoms with van der Waals surface area (Å²) in [4.78, 5) is 38.6. The van der Waals surface area contributed by atoms with E-state index in [1.807, 2.05) is 49.4 Å². The SMILES string of the molecule is CCOC(=O)c1c(NC(=O)[C@H]2[C@@H](C(=O)O)[C@H]3C=C[C@H]2C3)sc(C)c1-c1ccccc1. The Kier molecular flexibility index (Phi) is 5.47. The first kappa shape index (κ1) is 20.3. The van der Waals surface area contributed by atoms with E-state index in [0.717, 1.165) is 16.0 Å². The first-order valence-electron chi connectivity index (χ1n) is 10.00. The smallest absolute Gasteiger partial charge is 0.341 e. The summed E-state index contributed by atoms with van der Waals surface area (Å²) in [7, 11) is 0. The Labute approximate surface area is 178 Å². The van der Waals surface area contributed by atoms with Crippen molar-refractivity contribution in [2.45, 2.75) is 20.3 Å². The third kappa shape index (κ3) is 3.43. The normalized spacial score (nSPS) is 24.1. The molecule has 1 saturated carbocycles. The summed E-state index contributed by atoms with van der Waals surface area (Å²) in [6, 6.07) is 9.49. The molecular weight excluding hydrogens is 402 g/mol. The van der Waals surface area contributed by atoms with Gasteiger partial charge in [-0.05, 0) is 37.7 Å². The maximum absolute atomic E-state index is 13.2. The van der Waals surface area contributed by atoms with Gasteiger partial charge < -0.3 is 15.2 Å². The van der Waals surface area contributed by atoms with Crippen LogP contribution in [0.1, 0.15) is 28.6 Å². The molecule has 4 rings (SSSR count). The van der Waals surface area contributed by atoms with Crippen LogP contribution >= 0.6 is 11.3 Å². The number of rotatable bonds is 6. The zero-order chi connectivity index (χ0) is 21.4. The number of nitrogens with one attached hydrogen (secondary N) is 1. The Morgan fingerprint density at radius 3 is 2.43 bits per heavy atom. The van der Waals surface area contributed by atoms with Gasteiger partial charge in [-0.1, -0.05) is 42.5 Å². The molecule has 1 fully saturated rings. The number of aryl methyl sites for hydroxylation is 1. The van der Waals surface area contributed by atoms with Crippen LogP contribution in [0.4, 0.5) is 5.00 Å². The molecule has 2 aliphatic rings. The summed E-state index contributed by atoms with van der Waals surface area (Å²) < 4.78 is 5.27. The number of esters is 1. The van der Waals surface area contributed by atoms with Crippen LogP contribution < -0.4 is 5.32 Å². The van der Waals surface area contributed by atoms with Crippen molar-refractivity contribution in [2.75, 3.05) is 11.9 Å². The van der Waals surface area contributed by atoms with Gasteiger partial charge in [-0.3, -0.25) is 9.59 Å². The Morgan fingerprint density at radius 2 is 1.80 bits per heavy atom. The highest BCUT2D eigenvalue weighted by atomic mass is 32.1. The lowest BCUT2D eigenvalue weighted by atomic mass is 9.82. The average Bonchev–Trinajstić information content (AvgIpc) is 3.41. The molecule has 2 aromatic rings. The largest absolute Gasteiger partial charge is 0.481 e. The summed E-state index contributed by atoms with van der Waals surface area (Å²) in [5, 5.41) is 12.9.